The summed E-state index contributed by atoms with van der Waals surface area (Å²) in [7, 11) is 0. The Kier molecular flexibility index (Phi) is 8.13. The number of ether oxygens (including phenoxy) is 1. The highest BCUT2D eigenvalue weighted by Gasteiger charge is 2.29. The van der Waals surface area contributed by atoms with Gasteiger partial charge in [0.25, 0.3) is 5.91 Å². The Morgan fingerprint density at radius 3 is 2.52 bits per heavy atom. The lowest BCUT2D eigenvalue weighted by Crippen LogP contribution is -2.50. The quantitative estimate of drug-likeness (QED) is 0.575. The average Bonchev–Trinajstić information content (AvgIpc) is 3.26. The first-order chi connectivity index (χ1) is 14.8. The van der Waals surface area contributed by atoms with Crippen molar-refractivity contribution in [2.45, 2.75) is 65.1 Å². The zero-order valence-corrected chi connectivity index (χ0v) is 20.1. The number of aryl methyl sites for hydroxylation is 2. The lowest BCUT2D eigenvalue weighted by atomic mass is 10.1. The van der Waals surface area contributed by atoms with E-state index in [9.17, 15) is 9.59 Å². The molecule has 1 N–H and O–H groups in total. The second-order valence-electron chi connectivity index (χ2n) is 8.31. The van der Waals surface area contributed by atoms with Crippen molar-refractivity contribution in [3.8, 4) is 5.75 Å². The fraction of sp³-hybridized carbons (Fsp3) is 0.440. The molecule has 5 nitrogen and oxygen atoms in total. The molecule has 31 heavy (non-hydrogen) atoms. The maximum absolute atomic E-state index is 13.2. The molecule has 2 aromatic rings. The number of benzene rings is 2. The molecule has 0 spiro atoms. The molecule has 0 bridgehead atoms. The summed E-state index contributed by atoms with van der Waals surface area (Å²) in [4.78, 5) is 27.7. The maximum Gasteiger partial charge on any atom is 0.261 e. The first kappa shape index (κ1) is 23.3. The number of hydrogen-bond acceptors (Lipinski definition) is 3. The Hall–Kier alpha value is -2.34. The van der Waals surface area contributed by atoms with Gasteiger partial charge in [-0.3, -0.25) is 9.59 Å². The molecular weight excluding hydrogens is 456 g/mol. The molecule has 0 radical (unpaired) electrons. The molecule has 0 saturated heterocycles. The Bertz CT molecular complexity index is 925. The SMILES string of the molecule is Cc1cc(OCC(=O)N(Cc2ccccc2C)C(C)C(=O)NC2CCCC2)ccc1Br. The molecule has 2 amide bonds. The Morgan fingerprint density at radius 2 is 1.84 bits per heavy atom. The Labute approximate surface area is 193 Å². The van der Waals surface area contributed by atoms with E-state index in [-0.39, 0.29) is 24.5 Å². The number of carbonyl (C=O) groups excluding carboxylic acids is 2. The highest BCUT2D eigenvalue weighted by atomic mass is 79.9. The Balaban J connectivity index is 1.73. The summed E-state index contributed by atoms with van der Waals surface area (Å²) in [5, 5.41) is 3.12. The lowest BCUT2D eigenvalue weighted by molar-refractivity contribution is -0.142. The smallest absolute Gasteiger partial charge is 0.261 e. The molecule has 1 aliphatic carbocycles. The van der Waals surface area contributed by atoms with E-state index >= 15 is 0 Å². The number of nitrogens with zero attached hydrogens (tertiary/aromatic N) is 1. The van der Waals surface area contributed by atoms with Crippen LogP contribution in [0.2, 0.25) is 0 Å². The van der Waals surface area contributed by atoms with Crippen LogP contribution in [-0.2, 0) is 16.1 Å². The van der Waals surface area contributed by atoms with Crippen LogP contribution in [-0.4, -0.2) is 35.4 Å². The second-order valence-corrected chi connectivity index (χ2v) is 9.17. The Morgan fingerprint density at radius 1 is 1.13 bits per heavy atom. The van der Waals surface area contributed by atoms with Crippen LogP contribution in [0.5, 0.6) is 5.75 Å². The number of amides is 2. The summed E-state index contributed by atoms with van der Waals surface area (Å²) in [6.45, 7) is 6.03. The fourth-order valence-corrected chi connectivity index (χ4v) is 4.13. The van der Waals surface area contributed by atoms with Gasteiger partial charge in [0.15, 0.2) is 6.61 Å². The summed E-state index contributed by atoms with van der Waals surface area (Å²) in [6, 6.07) is 13.2. The number of carbonyl (C=O) groups is 2. The highest BCUT2D eigenvalue weighted by molar-refractivity contribution is 9.10. The van der Waals surface area contributed by atoms with Crippen molar-refractivity contribution >= 4 is 27.7 Å². The minimum Gasteiger partial charge on any atom is -0.484 e. The van der Waals surface area contributed by atoms with Crippen LogP contribution in [0.1, 0.15) is 49.3 Å². The highest BCUT2D eigenvalue weighted by Crippen LogP contribution is 2.22. The van der Waals surface area contributed by atoms with Gasteiger partial charge in [-0.25, -0.2) is 0 Å². The summed E-state index contributed by atoms with van der Waals surface area (Å²) >= 11 is 3.47. The first-order valence-corrected chi connectivity index (χ1v) is 11.7. The molecule has 0 aliphatic heterocycles. The van der Waals surface area contributed by atoms with Gasteiger partial charge in [0, 0.05) is 17.1 Å². The van der Waals surface area contributed by atoms with Crippen LogP contribution in [0.15, 0.2) is 46.9 Å². The molecule has 1 aliphatic rings. The molecule has 0 aromatic heterocycles. The molecule has 1 fully saturated rings. The van der Waals surface area contributed by atoms with E-state index in [0.29, 0.717) is 12.3 Å². The number of halogens is 1. The van der Waals surface area contributed by atoms with Crippen molar-refractivity contribution in [2.75, 3.05) is 6.61 Å². The number of rotatable bonds is 8. The summed E-state index contributed by atoms with van der Waals surface area (Å²) < 4.78 is 6.76. The zero-order chi connectivity index (χ0) is 22.4. The third-order valence-corrected chi connectivity index (χ3v) is 6.85. The van der Waals surface area contributed by atoms with Crippen molar-refractivity contribution in [2.24, 2.45) is 0 Å². The van der Waals surface area contributed by atoms with Crippen LogP contribution in [0.25, 0.3) is 0 Å². The van der Waals surface area contributed by atoms with E-state index in [0.717, 1.165) is 46.8 Å². The van der Waals surface area contributed by atoms with Gasteiger partial charge in [0.05, 0.1) is 0 Å². The predicted octanol–water partition coefficient (Wildman–Crippen LogP) is 4.92. The largest absolute Gasteiger partial charge is 0.484 e. The molecule has 1 unspecified atom stereocenters. The van der Waals surface area contributed by atoms with E-state index in [1.807, 2.05) is 56.3 Å². The normalized spacial score (nSPS) is 14.8. The molecule has 1 atom stereocenters. The number of nitrogens with one attached hydrogen (secondary N) is 1. The van der Waals surface area contributed by atoms with Gasteiger partial charge in [-0.1, -0.05) is 53.0 Å². The monoisotopic (exact) mass is 486 g/mol. The fourth-order valence-electron chi connectivity index (χ4n) is 3.88. The second kappa shape index (κ2) is 10.8. The average molecular weight is 487 g/mol. The third kappa shape index (κ3) is 6.33. The molecular formula is C25H31BrN2O3. The topological polar surface area (TPSA) is 58.6 Å². The van der Waals surface area contributed by atoms with E-state index in [2.05, 4.69) is 21.2 Å². The van der Waals surface area contributed by atoms with Gasteiger partial charge in [-0.15, -0.1) is 0 Å². The third-order valence-electron chi connectivity index (χ3n) is 5.96. The first-order valence-electron chi connectivity index (χ1n) is 10.9. The van der Waals surface area contributed by atoms with Crippen molar-refractivity contribution in [1.82, 2.24) is 10.2 Å². The van der Waals surface area contributed by atoms with Crippen LogP contribution in [0, 0.1) is 13.8 Å². The molecule has 0 heterocycles. The van der Waals surface area contributed by atoms with Crippen molar-refractivity contribution < 1.29 is 14.3 Å². The van der Waals surface area contributed by atoms with E-state index in [4.69, 9.17) is 4.74 Å². The molecule has 3 rings (SSSR count). The van der Waals surface area contributed by atoms with Gasteiger partial charge in [-0.2, -0.15) is 0 Å². The van der Waals surface area contributed by atoms with Crippen LogP contribution in [0.4, 0.5) is 0 Å². The van der Waals surface area contributed by atoms with Crippen molar-refractivity contribution in [1.29, 1.82) is 0 Å². The molecule has 2 aromatic carbocycles. The van der Waals surface area contributed by atoms with Gasteiger partial charge < -0.3 is 15.0 Å². The minimum absolute atomic E-state index is 0.103. The summed E-state index contributed by atoms with van der Waals surface area (Å²) in [6.07, 6.45) is 4.31. The standard InChI is InChI=1S/C25H31BrN2O3/c1-17-8-4-5-9-20(17)15-28(19(3)25(30)27-21-10-6-7-11-21)24(29)16-31-22-12-13-23(26)18(2)14-22/h4-5,8-9,12-14,19,21H,6-7,10-11,15-16H2,1-3H3,(H,27,30). The zero-order valence-electron chi connectivity index (χ0n) is 18.5. The van der Waals surface area contributed by atoms with Gasteiger partial charge in [-0.05, 0) is 68.5 Å². The van der Waals surface area contributed by atoms with Crippen LogP contribution < -0.4 is 10.1 Å². The number of hydrogen-bond donors (Lipinski definition) is 1. The van der Waals surface area contributed by atoms with Gasteiger partial charge >= 0.3 is 0 Å². The predicted molar refractivity (Wildman–Crippen MR) is 126 cm³/mol. The van der Waals surface area contributed by atoms with Crippen LogP contribution >= 0.6 is 15.9 Å². The molecule has 1 saturated carbocycles. The van der Waals surface area contributed by atoms with E-state index in [1.165, 1.54) is 0 Å². The van der Waals surface area contributed by atoms with E-state index < -0.39 is 6.04 Å². The minimum atomic E-state index is -0.581. The summed E-state index contributed by atoms with van der Waals surface area (Å²) in [5.74, 6) is 0.319. The maximum atomic E-state index is 13.2. The summed E-state index contributed by atoms with van der Waals surface area (Å²) in [5.41, 5.74) is 3.15. The van der Waals surface area contributed by atoms with Crippen molar-refractivity contribution in [3.05, 3.63) is 63.6 Å². The van der Waals surface area contributed by atoms with Gasteiger partial charge in [0.1, 0.15) is 11.8 Å². The van der Waals surface area contributed by atoms with Crippen LogP contribution in [0.3, 0.4) is 0 Å². The molecule has 6 heteroatoms. The van der Waals surface area contributed by atoms with Crippen molar-refractivity contribution in [3.63, 3.8) is 0 Å². The van der Waals surface area contributed by atoms with E-state index in [1.54, 1.807) is 11.8 Å². The van der Waals surface area contributed by atoms with Gasteiger partial charge in [0.2, 0.25) is 5.91 Å². The lowest BCUT2D eigenvalue weighted by Gasteiger charge is -2.30. The molecule has 166 valence electrons.